The molecule has 32 heavy (non-hydrogen) atoms. The van der Waals surface area contributed by atoms with Gasteiger partial charge in [-0.05, 0) is 73.2 Å². The molecule has 148 valence electrons. The van der Waals surface area contributed by atoms with Gasteiger partial charge in [0.15, 0.2) is 0 Å². The molecule has 3 aliphatic carbocycles. The standard InChI is InChI=1S/C32H20/c1-2-10-22-20(9-1)19-21-17-18-26-25-13-5-8-16-29(25)32(31(26)30(21)22)27-14-6-3-11-23(27)24-12-4-7-15-28(24)32/h1-18H,19H2. The average Bonchev–Trinajstić information content (AvgIpc) is 3.48. The summed E-state index contributed by atoms with van der Waals surface area (Å²) in [7, 11) is 0. The summed E-state index contributed by atoms with van der Waals surface area (Å²) in [5.74, 6) is 0. The van der Waals surface area contributed by atoms with Gasteiger partial charge in [-0.3, -0.25) is 0 Å². The molecule has 0 bridgehead atoms. The van der Waals surface area contributed by atoms with Gasteiger partial charge in [0.25, 0.3) is 0 Å². The van der Waals surface area contributed by atoms with E-state index in [9.17, 15) is 0 Å². The molecule has 0 radical (unpaired) electrons. The zero-order chi connectivity index (χ0) is 20.9. The van der Waals surface area contributed by atoms with Crippen LogP contribution < -0.4 is 0 Å². The lowest BCUT2D eigenvalue weighted by Crippen LogP contribution is -2.26. The fourth-order valence-corrected chi connectivity index (χ4v) is 6.81. The maximum absolute atomic E-state index is 2.39. The minimum absolute atomic E-state index is 0.262. The molecular weight excluding hydrogens is 384 g/mol. The fourth-order valence-electron chi connectivity index (χ4n) is 6.81. The van der Waals surface area contributed by atoms with Crippen LogP contribution in [0.2, 0.25) is 0 Å². The molecule has 0 nitrogen and oxygen atoms in total. The van der Waals surface area contributed by atoms with E-state index in [1.807, 2.05) is 0 Å². The van der Waals surface area contributed by atoms with Crippen LogP contribution in [0.25, 0.3) is 33.4 Å². The van der Waals surface area contributed by atoms with Gasteiger partial charge in [0.2, 0.25) is 0 Å². The van der Waals surface area contributed by atoms with Gasteiger partial charge >= 0.3 is 0 Å². The first-order chi connectivity index (χ1) is 15.9. The van der Waals surface area contributed by atoms with Crippen LogP contribution in [0.1, 0.15) is 33.4 Å². The van der Waals surface area contributed by atoms with Crippen molar-refractivity contribution in [3.05, 3.63) is 143 Å². The molecule has 8 rings (SSSR count). The van der Waals surface area contributed by atoms with E-state index in [2.05, 4.69) is 109 Å². The minimum atomic E-state index is -0.262. The molecule has 0 aliphatic heterocycles. The number of fused-ring (bicyclic) bond motifs is 14. The molecule has 0 aromatic heterocycles. The first-order valence-electron chi connectivity index (χ1n) is 11.4. The molecule has 5 aromatic carbocycles. The van der Waals surface area contributed by atoms with Gasteiger partial charge in [-0.2, -0.15) is 0 Å². The molecule has 3 aliphatic rings. The van der Waals surface area contributed by atoms with Gasteiger partial charge in [0.05, 0.1) is 5.41 Å². The van der Waals surface area contributed by atoms with Crippen LogP contribution >= 0.6 is 0 Å². The second-order valence-corrected chi connectivity index (χ2v) is 9.24. The molecule has 0 heterocycles. The zero-order valence-corrected chi connectivity index (χ0v) is 17.6. The molecule has 5 aromatic rings. The van der Waals surface area contributed by atoms with Crippen LogP contribution in [0, 0.1) is 0 Å². The van der Waals surface area contributed by atoms with Crippen molar-refractivity contribution in [2.24, 2.45) is 0 Å². The summed E-state index contributed by atoms with van der Waals surface area (Å²) in [5, 5.41) is 0. The Bertz CT molecular complexity index is 1540. The molecule has 0 saturated heterocycles. The van der Waals surface area contributed by atoms with Crippen LogP contribution in [0.3, 0.4) is 0 Å². The Morgan fingerprint density at radius 1 is 0.406 bits per heavy atom. The highest BCUT2D eigenvalue weighted by Gasteiger charge is 2.53. The summed E-state index contributed by atoms with van der Waals surface area (Å²) in [6.45, 7) is 0. The van der Waals surface area contributed by atoms with E-state index in [1.165, 1.54) is 66.8 Å². The minimum Gasteiger partial charge on any atom is -0.0619 e. The predicted octanol–water partition coefficient (Wildman–Crippen LogP) is 7.60. The van der Waals surface area contributed by atoms with Crippen molar-refractivity contribution in [3.63, 3.8) is 0 Å². The number of benzene rings is 5. The van der Waals surface area contributed by atoms with Crippen LogP contribution in [-0.4, -0.2) is 0 Å². The van der Waals surface area contributed by atoms with Crippen LogP contribution in [0.4, 0.5) is 0 Å². The third-order valence-corrected chi connectivity index (χ3v) is 7.91. The first-order valence-corrected chi connectivity index (χ1v) is 11.4. The molecule has 0 unspecified atom stereocenters. The van der Waals surface area contributed by atoms with Gasteiger partial charge in [0.1, 0.15) is 0 Å². The smallest absolute Gasteiger partial charge is 0.0619 e. The quantitative estimate of drug-likeness (QED) is 0.244. The molecule has 1 spiro atoms. The van der Waals surface area contributed by atoms with Crippen LogP contribution in [0.15, 0.2) is 109 Å². The van der Waals surface area contributed by atoms with Crippen molar-refractivity contribution >= 4 is 0 Å². The maximum Gasteiger partial charge on any atom is 0.0731 e. The van der Waals surface area contributed by atoms with E-state index >= 15 is 0 Å². The third-order valence-electron chi connectivity index (χ3n) is 7.91. The summed E-state index contributed by atoms with van der Waals surface area (Å²) in [5.41, 5.74) is 16.8. The Balaban J connectivity index is 1.63. The van der Waals surface area contributed by atoms with E-state index in [0.29, 0.717) is 0 Å². The summed E-state index contributed by atoms with van der Waals surface area (Å²) in [6, 6.07) is 41.0. The van der Waals surface area contributed by atoms with E-state index in [4.69, 9.17) is 0 Å². The van der Waals surface area contributed by atoms with Gasteiger partial charge < -0.3 is 0 Å². The monoisotopic (exact) mass is 404 g/mol. The fraction of sp³-hybridized carbons (Fsp3) is 0.0625. The first kappa shape index (κ1) is 16.8. The van der Waals surface area contributed by atoms with Gasteiger partial charge in [0, 0.05) is 0 Å². The summed E-state index contributed by atoms with van der Waals surface area (Å²) in [4.78, 5) is 0. The Morgan fingerprint density at radius 3 is 1.53 bits per heavy atom. The highest BCUT2D eigenvalue weighted by Crippen LogP contribution is 2.65. The van der Waals surface area contributed by atoms with Gasteiger partial charge in [-0.25, -0.2) is 0 Å². The molecule has 0 heteroatoms. The number of hydrogen-bond donors (Lipinski definition) is 0. The second-order valence-electron chi connectivity index (χ2n) is 9.24. The number of rotatable bonds is 0. The Labute approximate surface area is 187 Å². The lowest BCUT2D eigenvalue weighted by molar-refractivity contribution is 0.795. The molecule has 0 atom stereocenters. The molecule has 0 N–H and O–H groups in total. The lowest BCUT2D eigenvalue weighted by atomic mass is 9.68. The van der Waals surface area contributed by atoms with Crippen molar-refractivity contribution in [1.29, 1.82) is 0 Å². The van der Waals surface area contributed by atoms with Crippen molar-refractivity contribution in [3.8, 4) is 33.4 Å². The lowest BCUT2D eigenvalue weighted by Gasteiger charge is -2.32. The summed E-state index contributed by atoms with van der Waals surface area (Å²) >= 11 is 0. The number of hydrogen-bond acceptors (Lipinski definition) is 0. The average molecular weight is 405 g/mol. The zero-order valence-electron chi connectivity index (χ0n) is 17.6. The van der Waals surface area contributed by atoms with E-state index in [0.717, 1.165) is 6.42 Å². The van der Waals surface area contributed by atoms with Gasteiger partial charge in [-0.15, -0.1) is 0 Å². The largest absolute Gasteiger partial charge is 0.0731 e. The van der Waals surface area contributed by atoms with Crippen LogP contribution in [0.5, 0.6) is 0 Å². The molecule has 0 amide bonds. The Hall–Kier alpha value is -3.90. The summed E-state index contributed by atoms with van der Waals surface area (Å²) in [6.07, 6.45) is 1.02. The Morgan fingerprint density at radius 2 is 0.906 bits per heavy atom. The highest BCUT2D eigenvalue weighted by molar-refractivity contribution is 6.00. The summed E-state index contributed by atoms with van der Waals surface area (Å²) < 4.78 is 0. The molecule has 0 saturated carbocycles. The molecule has 0 fully saturated rings. The van der Waals surface area contributed by atoms with Crippen molar-refractivity contribution < 1.29 is 0 Å². The van der Waals surface area contributed by atoms with Crippen molar-refractivity contribution in [2.45, 2.75) is 11.8 Å². The highest BCUT2D eigenvalue weighted by atomic mass is 14.5. The Kier molecular flexibility index (Phi) is 2.96. The van der Waals surface area contributed by atoms with E-state index < -0.39 is 0 Å². The SMILES string of the molecule is c1ccc2c(c1)Cc1ccc3c(c1-2)C1(c2ccccc2-c2ccccc21)c1ccccc1-3. The van der Waals surface area contributed by atoms with E-state index in [-0.39, 0.29) is 5.41 Å². The normalized spacial score (nSPS) is 15.0. The van der Waals surface area contributed by atoms with Crippen molar-refractivity contribution in [2.75, 3.05) is 0 Å². The topological polar surface area (TPSA) is 0 Å². The predicted molar refractivity (Wildman–Crippen MR) is 131 cm³/mol. The second kappa shape index (κ2) is 5.66. The van der Waals surface area contributed by atoms with E-state index in [1.54, 1.807) is 0 Å². The third kappa shape index (κ3) is 1.74. The molecular formula is C32H20. The maximum atomic E-state index is 2.39. The van der Waals surface area contributed by atoms with Crippen molar-refractivity contribution in [1.82, 2.24) is 0 Å². The van der Waals surface area contributed by atoms with Crippen LogP contribution in [-0.2, 0) is 11.8 Å². The van der Waals surface area contributed by atoms with Gasteiger partial charge in [-0.1, -0.05) is 109 Å².